The number of rotatable bonds is 2. The van der Waals surface area contributed by atoms with Crippen molar-refractivity contribution in [1.82, 2.24) is 0 Å². The summed E-state index contributed by atoms with van der Waals surface area (Å²) >= 11 is 5.45. The molecule has 0 aliphatic rings. The van der Waals surface area contributed by atoms with Gasteiger partial charge in [0.05, 0.1) is 11.6 Å². The van der Waals surface area contributed by atoms with Crippen molar-refractivity contribution in [3.8, 4) is 11.8 Å². The van der Waals surface area contributed by atoms with Crippen LogP contribution in [0.25, 0.3) is 0 Å². The van der Waals surface area contributed by atoms with E-state index in [9.17, 15) is 13.2 Å². The van der Waals surface area contributed by atoms with E-state index in [1.54, 1.807) is 6.07 Å². The highest BCUT2D eigenvalue weighted by atomic mass is 35.5. The van der Waals surface area contributed by atoms with Gasteiger partial charge in [-0.1, -0.05) is 0 Å². The molecule has 2 N–H and O–H groups in total. The zero-order valence-electron chi connectivity index (χ0n) is 9.11. The van der Waals surface area contributed by atoms with Gasteiger partial charge in [-0.25, -0.2) is 4.79 Å². The van der Waals surface area contributed by atoms with Crippen LogP contribution in [0, 0.1) is 11.3 Å². The van der Waals surface area contributed by atoms with Crippen molar-refractivity contribution in [2.75, 3.05) is 0 Å². The largest absolute Gasteiger partial charge is 0.573 e. The maximum absolute atomic E-state index is 11.9. The van der Waals surface area contributed by atoms with Gasteiger partial charge in [0.25, 0.3) is 0 Å². The zero-order chi connectivity index (χ0) is 15.1. The third kappa shape index (κ3) is 8.57. The highest BCUT2D eigenvalue weighted by Gasteiger charge is 2.31. The van der Waals surface area contributed by atoms with E-state index >= 15 is 0 Å². The van der Waals surface area contributed by atoms with Crippen molar-refractivity contribution in [3.63, 3.8) is 0 Å². The molecule has 0 spiro atoms. The van der Waals surface area contributed by atoms with Crippen LogP contribution in [-0.4, -0.2) is 22.7 Å². The second-order valence-electron chi connectivity index (χ2n) is 2.94. The van der Waals surface area contributed by atoms with Gasteiger partial charge in [-0.15, -0.1) is 24.8 Å². The van der Waals surface area contributed by atoms with Crippen LogP contribution in [0.2, 0.25) is 0 Å². The van der Waals surface area contributed by atoms with Gasteiger partial charge in [-0.05, 0) is 23.8 Å². The van der Waals surface area contributed by atoms with Gasteiger partial charge in [-0.2, -0.15) is 5.26 Å². The summed E-state index contributed by atoms with van der Waals surface area (Å²) in [6.45, 7) is 0. The smallest absolute Gasteiger partial charge is 0.450 e. The molecule has 104 valence electrons. The van der Waals surface area contributed by atoms with Crippen molar-refractivity contribution in [2.24, 2.45) is 0 Å². The summed E-state index contributed by atoms with van der Waals surface area (Å²) in [5, 5.41) is 22.5. The van der Waals surface area contributed by atoms with Crippen molar-refractivity contribution in [1.29, 1.82) is 5.26 Å². The Bertz CT molecular complexity index is 481. The molecule has 1 aromatic carbocycles. The first kappa shape index (κ1) is 16.9. The maximum Gasteiger partial charge on any atom is 0.573 e. The highest BCUT2D eigenvalue weighted by Crippen LogP contribution is 2.25. The molecule has 0 bridgehead atoms. The highest BCUT2D eigenvalue weighted by molar-refractivity contribution is 6.17. The Balaban J connectivity index is 0.000000711. The van der Waals surface area contributed by atoms with Crippen LogP contribution in [0.1, 0.15) is 11.1 Å². The average molecular weight is 298 g/mol. The van der Waals surface area contributed by atoms with E-state index in [4.69, 9.17) is 31.9 Å². The average Bonchev–Trinajstić information content (AvgIpc) is 2.25. The third-order valence-electron chi connectivity index (χ3n) is 1.48. The number of carboxylic acid groups (broad SMARTS) is 2. The van der Waals surface area contributed by atoms with Crippen LogP contribution in [0.3, 0.4) is 0 Å². The van der Waals surface area contributed by atoms with Gasteiger partial charge >= 0.3 is 12.5 Å². The van der Waals surface area contributed by atoms with E-state index < -0.39 is 18.3 Å². The molecule has 0 atom stereocenters. The van der Waals surface area contributed by atoms with E-state index in [1.165, 1.54) is 6.07 Å². The summed E-state index contributed by atoms with van der Waals surface area (Å²) in [5.74, 6) is -0.416. The summed E-state index contributed by atoms with van der Waals surface area (Å²) < 4.78 is 39.3. The van der Waals surface area contributed by atoms with E-state index in [-0.39, 0.29) is 11.4 Å². The number of carbonyl (C=O) groups is 1. The molecule has 1 aromatic rings. The fourth-order valence-corrected chi connectivity index (χ4v) is 1.15. The number of halogens is 4. The van der Waals surface area contributed by atoms with Crippen LogP contribution in [0.4, 0.5) is 18.0 Å². The first-order chi connectivity index (χ1) is 8.67. The quantitative estimate of drug-likeness (QED) is 0.816. The van der Waals surface area contributed by atoms with Gasteiger partial charge in [0, 0.05) is 5.88 Å². The lowest BCUT2D eigenvalue weighted by molar-refractivity contribution is -0.274. The minimum atomic E-state index is -4.77. The lowest BCUT2D eigenvalue weighted by Crippen LogP contribution is -2.17. The molecule has 1 rings (SSSR count). The van der Waals surface area contributed by atoms with Gasteiger partial charge < -0.3 is 14.9 Å². The Morgan fingerprint density at radius 3 is 2.26 bits per heavy atom. The van der Waals surface area contributed by atoms with Crippen molar-refractivity contribution in [2.45, 2.75) is 12.2 Å². The molecule has 9 heteroatoms. The second-order valence-corrected chi connectivity index (χ2v) is 3.21. The lowest BCUT2D eigenvalue weighted by Gasteiger charge is -2.09. The van der Waals surface area contributed by atoms with Gasteiger partial charge in [0.2, 0.25) is 0 Å². The van der Waals surface area contributed by atoms with Crippen LogP contribution >= 0.6 is 11.6 Å². The van der Waals surface area contributed by atoms with Crippen molar-refractivity contribution in [3.05, 3.63) is 29.3 Å². The third-order valence-corrected chi connectivity index (χ3v) is 1.79. The van der Waals surface area contributed by atoms with Gasteiger partial charge in [0.15, 0.2) is 0 Å². The second kappa shape index (κ2) is 7.33. The molecule has 0 saturated carbocycles. The Morgan fingerprint density at radius 1 is 1.37 bits per heavy atom. The van der Waals surface area contributed by atoms with Crippen LogP contribution in [0.5, 0.6) is 5.75 Å². The van der Waals surface area contributed by atoms with E-state index in [0.29, 0.717) is 5.56 Å². The number of nitriles is 1. The number of hydrogen-bond donors (Lipinski definition) is 2. The summed E-state index contributed by atoms with van der Waals surface area (Å²) in [6.07, 6.45) is -6.60. The van der Waals surface area contributed by atoms with Gasteiger partial charge in [-0.3, -0.25) is 0 Å². The summed E-state index contributed by atoms with van der Waals surface area (Å²) in [5.41, 5.74) is 0.474. The predicted molar refractivity (Wildman–Crippen MR) is 58.1 cm³/mol. The maximum atomic E-state index is 11.9. The number of alkyl halides is 4. The first-order valence-electron chi connectivity index (χ1n) is 4.45. The van der Waals surface area contributed by atoms with Crippen LogP contribution in [-0.2, 0) is 5.88 Å². The summed E-state index contributed by atoms with van der Waals surface area (Å²) in [7, 11) is 0. The molecule has 0 radical (unpaired) electrons. The SMILES string of the molecule is N#Cc1cc(CCl)cc(OC(F)(F)F)c1.O=C(O)O. The molecule has 5 nitrogen and oxygen atoms in total. The normalized spacial score (nSPS) is 9.84. The number of hydrogen-bond acceptors (Lipinski definition) is 3. The minimum absolute atomic E-state index is 0.0176. The number of ether oxygens (including phenoxy) is 1. The molecule has 0 saturated heterocycles. The number of benzene rings is 1. The Hall–Kier alpha value is -2.14. The topological polar surface area (TPSA) is 90.5 Å². The van der Waals surface area contributed by atoms with Gasteiger partial charge in [0.1, 0.15) is 5.75 Å². The summed E-state index contributed by atoms with van der Waals surface area (Å²) in [6, 6.07) is 5.26. The molecular formula is C10H7ClF3NO4. The molecule has 0 amide bonds. The van der Waals surface area contributed by atoms with E-state index in [0.717, 1.165) is 12.1 Å². The molecule has 0 fully saturated rings. The fourth-order valence-electron chi connectivity index (χ4n) is 0.995. The predicted octanol–water partition coefficient (Wildman–Crippen LogP) is 3.42. The van der Waals surface area contributed by atoms with E-state index in [1.807, 2.05) is 0 Å². The Morgan fingerprint density at radius 2 is 1.89 bits per heavy atom. The lowest BCUT2D eigenvalue weighted by atomic mass is 10.1. The van der Waals surface area contributed by atoms with E-state index in [2.05, 4.69) is 4.74 Å². The minimum Gasteiger partial charge on any atom is -0.450 e. The Kier molecular flexibility index (Phi) is 6.50. The monoisotopic (exact) mass is 297 g/mol. The standard InChI is InChI=1S/C9H5ClF3NO.CH2O3/c10-4-6-1-7(5-14)3-8(2-6)15-9(11,12)13;2-1(3)4/h1-3H,4H2;(H2,2,3,4). The molecular weight excluding hydrogens is 291 g/mol. The molecule has 0 heterocycles. The fraction of sp³-hybridized carbons (Fsp3) is 0.200. The van der Waals surface area contributed by atoms with Crippen LogP contribution < -0.4 is 4.74 Å². The number of nitrogens with zero attached hydrogens (tertiary/aromatic N) is 1. The molecule has 0 aliphatic heterocycles. The molecule has 19 heavy (non-hydrogen) atoms. The Labute approximate surface area is 110 Å². The summed E-state index contributed by atoms with van der Waals surface area (Å²) in [4.78, 5) is 8.56. The van der Waals surface area contributed by atoms with Crippen LogP contribution in [0.15, 0.2) is 18.2 Å². The first-order valence-corrected chi connectivity index (χ1v) is 4.99. The molecule has 0 aromatic heterocycles. The zero-order valence-corrected chi connectivity index (χ0v) is 9.87. The molecule has 0 unspecified atom stereocenters. The molecule has 0 aliphatic carbocycles. The van der Waals surface area contributed by atoms with Crippen molar-refractivity contribution >= 4 is 17.8 Å². The van der Waals surface area contributed by atoms with Crippen molar-refractivity contribution < 1.29 is 32.9 Å².